The van der Waals surface area contributed by atoms with Crippen molar-refractivity contribution in [3.63, 3.8) is 0 Å². The van der Waals surface area contributed by atoms with Gasteiger partial charge in [-0.05, 0) is 56.7 Å². The van der Waals surface area contributed by atoms with Gasteiger partial charge in [0.05, 0.1) is 17.7 Å². The van der Waals surface area contributed by atoms with Crippen LogP contribution in [0.25, 0.3) is 0 Å². The molecule has 5 rings (SSSR count). The number of nitrogens with one attached hydrogen (secondary N) is 1. The molecule has 3 aliphatic rings. The molecule has 2 aliphatic heterocycles. The third-order valence-corrected chi connectivity index (χ3v) is 7.94. The summed E-state index contributed by atoms with van der Waals surface area (Å²) in [5.74, 6) is 1.04. The summed E-state index contributed by atoms with van der Waals surface area (Å²) in [7, 11) is 0. The first kappa shape index (κ1) is 28.9. The van der Waals surface area contributed by atoms with Crippen molar-refractivity contribution in [1.29, 1.82) is 0 Å². The van der Waals surface area contributed by atoms with Gasteiger partial charge in [-0.15, -0.1) is 24.8 Å². The summed E-state index contributed by atoms with van der Waals surface area (Å²) >= 11 is 6.32. The van der Waals surface area contributed by atoms with E-state index in [-0.39, 0.29) is 54.1 Å². The number of amides is 1. The minimum Gasteiger partial charge on any atom is -0.387 e. The van der Waals surface area contributed by atoms with Crippen LogP contribution < -0.4 is 10.2 Å². The number of piperazine rings is 1. The Hall–Kier alpha value is -1.64. The van der Waals surface area contributed by atoms with Gasteiger partial charge in [-0.3, -0.25) is 4.79 Å². The highest BCUT2D eigenvalue weighted by Gasteiger charge is 2.41. The summed E-state index contributed by atoms with van der Waals surface area (Å²) in [6.45, 7) is 9.22. The monoisotopic (exact) mass is 555 g/mol. The molecule has 0 spiro atoms. The number of carbonyl (C=O) groups excluding carboxylic acids is 1. The average molecular weight is 557 g/mol. The van der Waals surface area contributed by atoms with Gasteiger partial charge in [-0.25, -0.2) is 9.97 Å². The van der Waals surface area contributed by atoms with E-state index < -0.39 is 6.10 Å². The van der Waals surface area contributed by atoms with Crippen LogP contribution in [0.15, 0.2) is 30.6 Å². The van der Waals surface area contributed by atoms with Gasteiger partial charge in [0.2, 0.25) is 5.91 Å². The quantitative estimate of drug-likeness (QED) is 0.578. The number of nitrogens with zero attached hydrogens (tertiary/aromatic N) is 4. The molecule has 3 heterocycles. The number of aliphatic hydroxyl groups is 1. The molecule has 2 aromatic rings. The highest BCUT2D eigenvalue weighted by atomic mass is 35.5. The number of aromatic nitrogens is 2. The number of anilines is 1. The molecule has 0 bridgehead atoms. The third-order valence-electron chi connectivity index (χ3n) is 7.70. The topological polar surface area (TPSA) is 81.6 Å². The van der Waals surface area contributed by atoms with E-state index in [0.29, 0.717) is 37.6 Å². The largest absolute Gasteiger partial charge is 0.387 e. The summed E-state index contributed by atoms with van der Waals surface area (Å²) < 4.78 is 0. The summed E-state index contributed by atoms with van der Waals surface area (Å²) in [6, 6.07) is 7.83. The standard InChI is InChI=1S/C26H34ClN5O2.2ClH/c1-16-13-20(33)23-21(16)24(29-15-28-23)31-9-11-32(12-10-31)25(34)22(17-5-4-6-18(27)14-17)19-7-8-26(2,3)30-19;;/h4-6,14-16,19-20,22,30,33H,7-13H2,1-3H3;2*1H/t16-,19?,20-,22?;;/m1../s1. The van der Waals surface area contributed by atoms with Gasteiger partial charge in [0.25, 0.3) is 0 Å². The lowest BCUT2D eigenvalue weighted by Crippen LogP contribution is -2.53. The third kappa shape index (κ3) is 5.60. The van der Waals surface area contributed by atoms with Crippen molar-refractivity contribution in [2.75, 3.05) is 31.1 Å². The number of halogens is 3. The fourth-order valence-electron chi connectivity index (χ4n) is 5.95. The Labute approximate surface area is 230 Å². The zero-order valence-corrected chi connectivity index (χ0v) is 23.4. The van der Waals surface area contributed by atoms with E-state index in [9.17, 15) is 9.90 Å². The van der Waals surface area contributed by atoms with Crippen LogP contribution in [-0.2, 0) is 4.79 Å². The first-order valence-electron chi connectivity index (χ1n) is 12.3. The molecule has 36 heavy (non-hydrogen) atoms. The van der Waals surface area contributed by atoms with Crippen LogP contribution in [0.3, 0.4) is 0 Å². The van der Waals surface area contributed by atoms with Gasteiger partial charge in [0.15, 0.2) is 0 Å². The number of carbonyl (C=O) groups is 1. The molecule has 198 valence electrons. The molecule has 0 radical (unpaired) electrons. The highest BCUT2D eigenvalue weighted by Crippen LogP contribution is 2.43. The average Bonchev–Trinajstić information content (AvgIpc) is 3.32. The molecule has 2 saturated heterocycles. The molecule has 7 nitrogen and oxygen atoms in total. The highest BCUT2D eigenvalue weighted by molar-refractivity contribution is 6.30. The lowest BCUT2D eigenvalue weighted by atomic mass is 9.88. The van der Waals surface area contributed by atoms with Gasteiger partial charge in [0.1, 0.15) is 12.1 Å². The summed E-state index contributed by atoms with van der Waals surface area (Å²) in [4.78, 5) is 27.0. The second-order valence-electron chi connectivity index (χ2n) is 10.7. The van der Waals surface area contributed by atoms with Crippen LogP contribution >= 0.6 is 36.4 Å². The number of rotatable bonds is 4. The Morgan fingerprint density at radius 1 is 1.19 bits per heavy atom. The van der Waals surface area contributed by atoms with Crippen LogP contribution in [0.1, 0.15) is 74.8 Å². The lowest BCUT2D eigenvalue weighted by Gasteiger charge is -2.39. The van der Waals surface area contributed by atoms with E-state index in [1.54, 1.807) is 6.33 Å². The number of hydrogen-bond donors (Lipinski definition) is 2. The first-order valence-corrected chi connectivity index (χ1v) is 12.7. The number of aliphatic hydroxyl groups excluding tert-OH is 1. The van der Waals surface area contributed by atoms with E-state index >= 15 is 0 Å². The van der Waals surface area contributed by atoms with E-state index in [1.165, 1.54) is 0 Å². The normalized spacial score (nSPS) is 25.5. The van der Waals surface area contributed by atoms with Crippen LogP contribution in [-0.4, -0.2) is 63.6 Å². The Morgan fingerprint density at radius 3 is 2.56 bits per heavy atom. The van der Waals surface area contributed by atoms with Crippen LogP contribution in [0.5, 0.6) is 0 Å². The van der Waals surface area contributed by atoms with Crippen molar-refractivity contribution in [3.8, 4) is 0 Å². The molecular weight excluding hydrogens is 521 g/mol. The maximum atomic E-state index is 13.9. The van der Waals surface area contributed by atoms with E-state index in [0.717, 1.165) is 35.5 Å². The Kier molecular flexibility index (Phi) is 9.16. The zero-order valence-electron chi connectivity index (χ0n) is 21.0. The maximum Gasteiger partial charge on any atom is 0.231 e. The molecule has 1 aromatic carbocycles. The van der Waals surface area contributed by atoms with Crippen LogP contribution in [0, 0.1) is 0 Å². The van der Waals surface area contributed by atoms with E-state index in [1.807, 2.05) is 29.2 Å². The van der Waals surface area contributed by atoms with Crippen LogP contribution in [0.4, 0.5) is 5.82 Å². The smallest absolute Gasteiger partial charge is 0.231 e. The molecule has 2 N–H and O–H groups in total. The number of benzene rings is 1. The molecular formula is C26H36Cl3N5O2. The Morgan fingerprint density at radius 2 is 1.92 bits per heavy atom. The number of hydrogen-bond acceptors (Lipinski definition) is 6. The minimum atomic E-state index is -0.517. The van der Waals surface area contributed by atoms with Crippen molar-refractivity contribution >= 4 is 48.1 Å². The number of fused-ring (bicyclic) bond motifs is 1. The van der Waals surface area contributed by atoms with Crippen molar-refractivity contribution < 1.29 is 9.90 Å². The van der Waals surface area contributed by atoms with Crippen molar-refractivity contribution in [2.45, 2.75) is 69.6 Å². The van der Waals surface area contributed by atoms with Gasteiger partial charge >= 0.3 is 0 Å². The fourth-order valence-corrected chi connectivity index (χ4v) is 6.15. The molecule has 2 unspecified atom stereocenters. The fraction of sp³-hybridized carbons (Fsp3) is 0.577. The molecule has 0 saturated carbocycles. The van der Waals surface area contributed by atoms with Crippen molar-refractivity contribution in [2.24, 2.45) is 0 Å². The predicted molar refractivity (Wildman–Crippen MR) is 148 cm³/mol. The van der Waals surface area contributed by atoms with Crippen molar-refractivity contribution in [1.82, 2.24) is 20.2 Å². The molecule has 2 fully saturated rings. The molecule has 1 amide bonds. The maximum absolute atomic E-state index is 13.9. The molecule has 1 aliphatic carbocycles. The summed E-state index contributed by atoms with van der Waals surface area (Å²) in [6.07, 6.45) is 3.72. The predicted octanol–water partition coefficient (Wildman–Crippen LogP) is 4.48. The molecule has 4 atom stereocenters. The van der Waals surface area contributed by atoms with E-state index in [4.69, 9.17) is 11.6 Å². The van der Waals surface area contributed by atoms with Crippen LogP contribution in [0.2, 0.25) is 5.02 Å². The summed E-state index contributed by atoms with van der Waals surface area (Å²) in [5.41, 5.74) is 2.82. The molecule has 1 aromatic heterocycles. The van der Waals surface area contributed by atoms with Gasteiger partial charge < -0.3 is 20.2 Å². The molecule has 10 heteroatoms. The first-order chi connectivity index (χ1) is 16.2. The van der Waals surface area contributed by atoms with Gasteiger partial charge in [-0.2, -0.15) is 0 Å². The van der Waals surface area contributed by atoms with E-state index in [2.05, 4.69) is 41.0 Å². The lowest BCUT2D eigenvalue weighted by molar-refractivity contribution is -0.133. The minimum absolute atomic E-state index is 0. The van der Waals surface area contributed by atoms with Crippen molar-refractivity contribution in [3.05, 3.63) is 52.4 Å². The Bertz CT molecular complexity index is 1080. The Balaban J connectivity index is 0.00000180. The second-order valence-corrected chi connectivity index (χ2v) is 11.1. The van der Waals surface area contributed by atoms with Gasteiger partial charge in [-0.1, -0.05) is 30.7 Å². The zero-order chi connectivity index (χ0) is 24.0. The van der Waals surface area contributed by atoms with Gasteiger partial charge in [0, 0.05) is 48.3 Å². The summed E-state index contributed by atoms with van der Waals surface area (Å²) in [5, 5.41) is 14.7. The second kappa shape index (κ2) is 11.4. The SMILES string of the molecule is C[C@@H]1C[C@@H](O)c2ncnc(N3CCN(C(=O)C(c4cccc(Cl)c4)C4CCC(C)(C)N4)CC3)c21.Cl.Cl.